The fraction of sp³-hybridized carbons (Fsp3) is 0. The molecule has 9 aromatic rings. The molecule has 9 rings (SSSR count). The number of fused-ring (bicyclic) bond motifs is 6. The maximum atomic E-state index is 10.3. The summed E-state index contributed by atoms with van der Waals surface area (Å²) in [6, 6.07) is 58.8. The van der Waals surface area contributed by atoms with Gasteiger partial charge in [0, 0.05) is 27.1 Å². The first-order chi connectivity index (χ1) is 23.7. The molecule has 4 nitrogen and oxygen atoms in total. The number of para-hydroxylation sites is 4. The van der Waals surface area contributed by atoms with Crippen LogP contribution in [0.15, 0.2) is 158 Å². The third-order valence-electron chi connectivity index (χ3n) is 9.41. The van der Waals surface area contributed by atoms with E-state index < -0.39 is 0 Å². The molecule has 0 bridgehead atoms. The van der Waals surface area contributed by atoms with Crippen molar-refractivity contribution in [2.24, 2.45) is 0 Å². The Morgan fingerprint density at radius 1 is 0.375 bits per heavy atom. The minimum Gasteiger partial charge on any atom is -0.309 e. The highest BCUT2D eigenvalue weighted by atomic mass is 15.0. The van der Waals surface area contributed by atoms with Crippen molar-refractivity contribution in [1.82, 2.24) is 9.13 Å². The molecule has 0 radical (unpaired) electrons. The Balaban J connectivity index is 1.31. The van der Waals surface area contributed by atoms with Crippen LogP contribution in [0.5, 0.6) is 0 Å². The van der Waals surface area contributed by atoms with Crippen LogP contribution in [0.2, 0.25) is 0 Å². The largest absolute Gasteiger partial charge is 0.309 e. The number of nitriles is 2. The second-order valence-corrected chi connectivity index (χ2v) is 12.0. The Morgan fingerprint density at radius 3 is 1.38 bits per heavy atom. The summed E-state index contributed by atoms with van der Waals surface area (Å²) < 4.78 is 4.51. The Labute approximate surface area is 277 Å². The maximum absolute atomic E-state index is 10.3. The summed E-state index contributed by atoms with van der Waals surface area (Å²) in [6.45, 7) is 0. The first-order valence-electron chi connectivity index (χ1n) is 15.9. The van der Waals surface area contributed by atoms with Gasteiger partial charge in [0.2, 0.25) is 0 Å². The van der Waals surface area contributed by atoms with Gasteiger partial charge in [-0.1, -0.05) is 103 Å². The molecule has 2 aromatic heterocycles. The van der Waals surface area contributed by atoms with E-state index in [2.05, 4.69) is 130 Å². The third-order valence-corrected chi connectivity index (χ3v) is 9.41. The lowest BCUT2D eigenvalue weighted by Crippen LogP contribution is -2.00. The van der Waals surface area contributed by atoms with Gasteiger partial charge in [-0.3, -0.25) is 0 Å². The topological polar surface area (TPSA) is 57.4 Å². The van der Waals surface area contributed by atoms with E-state index >= 15 is 0 Å². The van der Waals surface area contributed by atoms with Crippen molar-refractivity contribution < 1.29 is 0 Å². The van der Waals surface area contributed by atoms with Crippen LogP contribution in [0.1, 0.15) is 11.1 Å². The van der Waals surface area contributed by atoms with E-state index in [-0.39, 0.29) is 0 Å². The summed E-state index contributed by atoms with van der Waals surface area (Å²) in [4.78, 5) is 0. The lowest BCUT2D eigenvalue weighted by molar-refractivity contribution is 1.17. The summed E-state index contributed by atoms with van der Waals surface area (Å²) in [5.41, 5.74) is 11.3. The number of hydrogen-bond acceptors (Lipinski definition) is 2. The first-order valence-corrected chi connectivity index (χ1v) is 15.9. The number of hydrogen-bond donors (Lipinski definition) is 0. The molecular weight excluding hydrogens is 585 g/mol. The van der Waals surface area contributed by atoms with Crippen LogP contribution in [-0.2, 0) is 0 Å². The molecule has 4 heteroatoms. The van der Waals surface area contributed by atoms with Crippen LogP contribution < -0.4 is 0 Å². The standard InChI is InChI=1S/C44H26N4/c45-27-29-21-24-43(47-39-17-7-3-13-34(39)35-14-4-8-18-40(35)47)38(25-29)33-12-2-1-11-32(33)30-22-23-31(28-46)44(26-30)48-41-19-9-5-15-36(41)37-16-6-10-20-42(37)48/h1-26H. The fourth-order valence-corrected chi connectivity index (χ4v) is 7.33. The van der Waals surface area contributed by atoms with Gasteiger partial charge in [0.25, 0.3) is 0 Å². The molecule has 0 spiro atoms. The lowest BCUT2D eigenvalue weighted by atomic mass is 9.91. The molecule has 0 atom stereocenters. The Bertz CT molecular complexity index is 2710. The number of rotatable bonds is 4. The predicted octanol–water partition coefficient (Wildman–Crippen LogP) is 11.0. The van der Waals surface area contributed by atoms with Crippen LogP contribution in [0, 0.1) is 22.7 Å². The molecule has 0 amide bonds. The normalized spacial score (nSPS) is 11.3. The minimum absolute atomic E-state index is 0.593. The van der Waals surface area contributed by atoms with Crippen LogP contribution >= 0.6 is 0 Å². The van der Waals surface area contributed by atoms with Crippen molar-refractivity contribution in [1.29, 1.82) is 10.5 Å². The van der Waals surface area contributed by atoms with Crippen LogP contribution in [0.4, 0.5) is 0 Å². The average Bonchev–Trinajstić information content (AvgIpc) is 3.67. The van der Waals surface area contributed by atoms with Gasteiger partial charge in [-0.25, -0.2) is 0 Å². The molecule has 0 N–H and O–H groups in total. The molecule has 0 fully saturated rings. The molecule has 48 heavy (non-hydrogen) atoms. The monoisotopic (exact) mass is 610 g/mol. The summed E-state index contributed by atoms with van der Waals surface area (Å²) in [7, 11) is 0. The first kappa shape index (κ1) is 27.4. The van der Waals surface area contributed by atoms with Crippen LogP contribution in [-0.4, -0.2) is 9.13 Å². The average molecular weight is 611 g/mol. The van der Waals surface area contributed by atoms with Crippen molar-refractivity contribution >= 4 is 43.6 Å². The van der Waals surface area contributed by atoms with E-state index in [1.807, 2.05) is 48.5 Å². The fourth-order valence-electron chi connectivity index (χ4n) is 7.33. The van der Waals surface area contributed by atoms with E-state index in [1.165, 1.54) is 10.8 Å². The summed E-state index contributed by atoms with van der Waals surface area (Å²) >= 11 is 0. The zero-order chi connectivity index (χ0) is 32.2. The maximum Gasteiger partial charge on any atom is 0.101 e. The van der Waals surface area contributed by atoms with E-state index in [1.54, 1.807) is 0 Å². The summed E-state index contributed by atoms with van der Waals surface area (Å²) in [6.07, 6.45) is 0. The molecule has 0 unspecified atom stereocenters. The molecule has 2 heterocycles. The van der Waals surface area contributed by atoms with Gasteiger partial charge in [0.15, 0.2) is 0 Å². The zero-order valence-electron chi connectivity index (χ0n) is 25.8. The second-order valence-electron chi connectivity index (χ2n) is 12.0. The predicted molar refractivity (Wildman–Crippen MR) is 195 cm³/mol. The van der Waals surface area contributed by atoms with Crippen molar-refractivity contribution in [3.63, 3.8) is 0 Å². The quantitative estimate of drug-likeness (QED) is 0.199. The van der Waals surface area contributed by atoms with E-state index in [4.69, 9.17) is 0 Å². The zero-order valence-corrected chi connectivity index (χ0v) is 25.8. The Hall–Kier alpha value is -6.88. The van der Waals surface area contributed by atoms with Crippen LogP contribution in [0.3, 0.4) is 0 Å². The molecule has 222 valence electrons. The summed E-state index contributed by atoms with van der Waals surface area (Å²) in [5.74, 6) is 0. The van der Waals surface area contributed by atoms with Gasteiger partial charge >= 0.3 is 0 Å². The van der Waals surface area contributed by atoms with Gasteiger partial charge in [-0.15, -0.1) is 0 Å². The van der Waals surface area contributed by atoms with E-state index in [9.17, 15) is 10.5 Å². The molecule has 0 aliphatic carbocycles. The molecule has 0 saturated heterocycles. The van der Waals surface area contributed by atoms with E-state index in [0.717, 1.165) is 66.5 Å². The number of nitrogens with zero attached hydrogens (tertiary/aromatic N) is 4. The van der Waals surface area contributed by atoms with Gasteiger partial charge in [0.05, 0.1) is 50.6 Å². The molecule has 0 aliphatic heterocycles. The minimum atomic E-state index is 0.593. The molecular formula is C44H26N4. The molecule has 7 aromatic carbocycles. The van der Waals surface area contributed by atoms with E-state index in [0.29, 0.717) is 11.1 Å². The molecule has 0 saturated carbocycles. The van der Waals surface area contributed by atoms with Gasteiger partial charge in [-0.05, 0) is 71.3 Å². The van der Waals surface area contributed by atoms with Crippen molar-refractivity contribution in [3.05, 3.63) is 169 Å². The highest BCUT2D eigenvalue weighted by Gasteiger charge is 2.20. The van der Waals surface area contributed by atoms with Gasteiger partial charge in [-0.2, -0.15) is 10.5 Å². The highest BCUT2D eigenvalue weighted by Crippen LogP contribution is 2.41. The van der Waals surface area contributed by atoms with Gasteiger partial charge < -0.3 is 9.13 Å². The Kier molecular flexibility index (Phi) is 6.22. The SMILES string of the molecule is N#Cc1ccc(-n2c3ccccc3c3ccccc32)c(-c2ccccc2-c2ccc(C#N)c(-n3c4ccccc4c4ccccc43)c2)c1. The number of aromatic nitrogens is 2. The highest BCUT2D eigenvalue weighted by molar-refractivity contribution is 6.11. The van der Waals surface area contributed by atoms with Gasteiger partial charge in [0.1, 0.15) is 6.07 Å². The summed E-state index contributed by atoms with van der Waals surface area (Å²) in [5, 5.41) is 25.0. The second kappa shape index (κ2) is 10.9. The third kappa shape index (κ3) is 4.07. The van der Waals surface area contributed by atoms with Crippen LogP contribution in [0.25, 0.3) is 77.2 Å². The van der Waals surface area contributed by atoms with Crippen molar-refractivity contribution in [2.45, 2.75) is 0 Å². The smallest absolute Gasteiger partial charge is 0.101 e. The number of benzene rings is 7. The van der Waals surface area contributed by atoms with Crippen molar-refractivity contribution in [2.75, 3.05) is 0 Å². The lowest BCUT2D eigenvalue weighted by Gasteiger charge is -2.18. The Morgan fingerprint density at radius 2 is 0.854 bits per heavy atom. The molecule has 0 aliphatic rings. The van der Waals surface area contributed by atoms with Crippen molar-refractivity contribution in [3.8, 4) is 45.8 Å².